The zero-order valence-corrected chi connectivity index (χ0v) is 11.1. The third kappa shape index (κ3) is 3.70. The summed E-state index contributed by atoms with van der Waals surface area (Å²) in [6.45, 7) is 5.61. The van der Waals surface area contributed by atoms with E-state index in [1.165, 1.54) is 5.56 Å². The Morgan fingerprint density at radius 3 is 2.61 bits per heavy atom. The number of aryl methyl sites for hydroxylation is 3. The molecule has 3 nitrogen and oxygen atoms in total. The molecular weight excluding hydrogens is 224 g/mol. The minimum Gasteiger partial charge on any atom is -0.444 e. The van der Waals surface area contributed by atoms with Crippen molar-refractivity contribution in [2.45, 2.75) is 33.2 Å². The van der Waals surface area contributed by atoms with Crippen LogP contribution in [0.1, 0.15) is 29.3 Å². The van der Waals surface area contributed by atoms with Gasteiger partial charge >= 0.3 is 0 Å². The first-order chi connectivity index (χ1) is 8.75. The quantitative estimate of drug-likeness (QED) is 0.794. The summed E-state index contributed by atoms with van der Waals surface area (Å²) in [5.74, 6) is 1.70. The third-order valence-electron chi connectivity index (χ3n) is 3.01. The lowest BCUT2D eigenvalue weighted by Gasteiger charge is -2.02. The maximum atomic E-state index is 5.51. The summed E-state index contributed by atoms with van der Waals surface area (Å²) in [4.78, 5) is 4.34. The molecule has 0 spiro atoms. The lowest BCUT2D eigenvalue weighted by molar-refractivity contribution is 0.448. The summed E-state index contributed by atoms with van der Waals surface area (Å²) in [7, 11) is 0. The Balaban J connectivity index is 1.64. The highest BCUT2D eigenvalue weighted by Crippen LogP contribution is 2.07. The molecule has 0 fully saturated rings. The Labute approximate surface area is 108 Å². The normalized spacial score (nSPS) is 10.8. The summed E-state index contributed by atoms with van der Waals surface area (Å²) >= 11 is 0. The van der Waals surface area contributed by atoms with Crippen LogP contribution in [0.3, 0.4) is 0 Å². The highest BCUT2D eigenvalue weighted by molar-refractivity contribution is 5.14. The molecule has 0 unspecified atom stereocenters. The van der Waals surface area contributed by atoms with Gasteiger partial charge in [0.25, 0.3) is 0 Å². The number of rotatable bonds is 6. The monoisotopic (exact) mass is 244 g/mol. The van der Waals surface area contributed by atoms with Gasteiger partial charge in [0.2, 0.25) is 5.89 Å². The molecule has 1 aromatic carbocycles. The van der Waals surface area contributed by atoms with Gasteiger partial charge in [-0.1, -0.05) is 30.3 Å². The van der Waals surface area contributed by atoms with Crippen LogP contribution in [0.15, 0.2) is 34.7 Å². The molecule has 2 aromatic rings. The van der Waals surface area contributed by atoms with E-state index >= 15 is 0 Å². The summed E-state index contributed by atoms with van der Waals surface area (Å²) < 4.78 is 5.51. The average molecular weight is 244 g/mol. The molecule has 2 rings (SSSR count). The topological polar surface area (TPSA) is 38.1 Å². The van der Waals surface area contributed by atoms with Crippen molar-refractivity contribution < 1.29 is 4.42 Å². The largest absolute Gasteiger partial charge is 0.444 e. The predicted octanol–water partition coefficient (Wildman–Crippen LogP) is 3.01. The first-order valence-electron chi connectivity index (χ1n) is 6.43. The van der Waals surface area contributed by atoms with Gasteiger partial charge in [0.15, 0.2) is 0 Å². The van der Waals surface area contributed by atoms with Crippen LogP contribution < -0.4 is 5.32 Å². The fraction of sp³-hybridized carbons (Fsp3) is 0.400. The molecule has 0 atom stereocenters. The van der Waals surface area contributed by atoms with Crippen molar-refractivity contribution in [1.82, 2.24) is 10.3 Å². The van der Waals surface area contributed by atoms with Crippen LogP contribution >= 0.6 is 0 Å². The maximum Gasteiger partial charge on any atom is 0.208 e. The van der Waals surface area contributed by atoms with E-state index in [9.17, 15) is 0 Å². The van der Waals surface area contributed by atoms with Gasteiger partial charge in [-0.3, -0.25) is 0 Å². The van der Waals surface area contributed by atoms with Crippen LogP contribution in [-0.2, 0) is 13.0 Å². The van der Waals surface area contributed by atoms with Crippen molar-refractivity contribution in [3.63, 3.8) is 0 Å². The first-order valence-corrected chi connectivity index (χ1v) is 6.43. The van der Waals surface area contributed by atoms with Gasteiger partial charge in [0.1, 0.15) is 5.76 Å². The van der Waals surface area contributed by atoms with Crippen molar-refractivity contribution in [1.29, 1.82) is 0 Å². The number of aromatic nitrogens is 1. The molecule has 1 aromatic heterocycles. The van der Waals surface area contributed by atoms with E-state index in [1.54, 1.807) is 0 Å². The Morgan fingerprint density at radius 1 is 1.17 bits per heavy atom. The van der Waals surface area contributed by atoms with E-state index in [4.69, 9.17) is 4.42 Å². The summed E-state index contributed by atoms with van der Waals surface area (Å²) in [6, 6.07) is 10.6. The van der Waals surface area contributed by atoms with E-state index in [1.807, 2.05) is 13.8 Å². The van der Waals surface area contributed by atoms with Gasteiger partial charge in [0.05, 0.1) is 12.2 Å². The Morgan fingerprint density at radius 2 is 1.94 bits per heavy atom. The highest BCUT2D eigenvalue weighted by Gasteiger charge is 2.04. The fourth-order valence-corrected chi connectivity index (χ4v) is 1.87. The van der Waals surface area contributed by atoms with Gasteiger partial charge in [0, 0.05) is 0 Å². The third-order valence-corrected chi connectivity index (χ3v) is 3.01. The number of nitrogens with zero attached hydrogens (tertiary/aromatic N) is 1. The molecule has 0 aliphatic heterocycles. The smallest absolute Gasteiger partial charge is 0.208 e. The molecule has 3 heteroatoms. The SMILES string of the molecule is Cc1nc(CNCCCc2ccccc2)oc1C. The van der Waals surface area contributed by atoms with Crippen LogP contribution in [0.2, 0.25) is 0 Å². The molecular formula is C15H20N2O. The fourth-order valence-electron chi connectivity index (χ4n) is 1.87. The standard InChI is InChI=1S/C15H20N2O/c1-12-13(2)18-15(17-12)11-16-10-6-9-14-7-4-3-5-8-14/h3-5,7-8,16H,6,9-11H2,1-2H3. The molecule has 96 valence electrons. The van der Waals surface area contributed by atoms with E-state index in [0.717, 1.165) is 36.7 Å². The molecule has 1 heterocycles. The molecule has 0 amide bonds. The van der Waals surface area contributed by atoms with Gasteiger partial charge < -0.3 is 9.73 Å². The lowest BCUT2D eigenvalue weighted by Crippen LogP contribution is -2.15. The van der Waals surface area contributed by atoms with Gasteiger partial charge in [-0.05, 0) is 38.8 Å². The predicted molar refractivity (Wildman–Crippen MR) is 72.4 cm³/mol. The summed E-state index contributed by atoms with van der Waals surface area (Å²) in [5.41, 5.74) is 2.37. The highest BCUT2D eigenvalue weighted by atomic mass is 16.4. The van der Waals surface area contributed by atoms with Crippen molar-refractivity contribution in [3.05, 3.63) is 53.2 Å². The van der Waals surface area contributed by atoms with Crippen LogP contribution in [0.25, 0.3) is 0 Å². The second kappa shape index (κ2) is 6.36. The van der Waals surface area contributed by atoms with E-state index in [2.05, 4.69) is 40.6 Å². The average Bonchev–Trinajstić information content (AvgIpc) is 2.70. The van der Waals surface area contributed by atoms with Crippen LogP contribution in [0.5, 0.6) is 0 Å². The Hall–Kier alpha value is -1.61. The van der Waals surface area contributed by atoms with Gasteiger partial charge in [-0.25, -0.2) is 4.98 Å². The van der Waals surface area contributed by atoms with Crippen molar-refractivity contribution >= 4 is 0 Å². The minimum absolute atomic E-state index is 0.712. The number of hydrogen-bond acceptors (Lipinski definition) is 3. The molecule has 0 bridgehead atoms. The summed E-state index contributed by atoms with van der Waals surface area (Å²) in [6.07, 6.45) is 2.24. The molecule has 0 saturated carbocycles. The molecule has 18 heavy (non-hydrogen) atoms. The Kier molecular flexibility index (Phi) is 4.53. The molecule has 1 N–H and O–H groups in total. The van der Waals surface area contributed by atoms with Gasteiger partial charge in [-0.15, -0.1) is 0 Å². The van der Waals surface area contributed by atoms with Crippen molar-refractivity contribution in [2.24, 2.45) is 0 Å². The van der Waals surface area contributed by atoms with E-state index in [-0.39, 0.29) is 0 Å². The summed E-state index contributed by atoms with van der Waals surface area (Å²) in [5, 5.41) is 3.36. The van der Waals surface area contributed by atoms with Crippen molar-refractivity contribution in [2.75, 3.05) is 6.54 Å². The van der Waals surface area contributed by atoms with Gasteiger partial charge in [-0.2, -0.15) is 0 Å². The zero-order chi connectivity index (χ0) is 12.8. The number of hydrogen-bond donors (Lipinski definition) is 1. The molecule has 0 saturated heterocycles. The van der Waals surface area contributed by atoms with Crippen LogP contribution in [0, 0.1) is 13.8 Å². The molecule has 0 aliphatic carbocycles. The zero-order valence-electron chi connectivity index (χ0n) is 11.1. The first kappa shape index (κ1) is 12.8. The minimum atomic E-state index is 0.712. The molecule has 0 radical (unpaired) electrons. The maximum absolute atomic E-state index is 5.51. The second-order valence-corrected chi connectivity index (χ2v) is 4.52. The van der Waals surface area contributed by atoms with E-state index in [0.29, 0.717) is 6.54 Å². The second-order valence-electron chi connectivity index (χ2n) is 4.52. The lowest BCUT2D eigenvalue weighted by atomic mass is 10.1. The van der Waals surface area contributed by atoms with Crippen molar-refractivity contribution in [3.8, 4) is 0 Å². The Bertz CT molecular complexity index is 457. The van der Waals surface area contributed by atoms with E-state index < -0.39 is 0 Å². The van der Waals surface area contributed by atoms with Crippen LogP contribution in [0.4, 0.5) is 0 Å². The number of benzene rings is 1. The molecule has 0 aliphatic rings. The number of oxazole rings is 1. The number of nitrogens with one attached hydrogen (secondary N) is 1. The van der Waals surface area contributed by atoms with Crippen LogP contribution in [-0.4, -0.2) is 11.5 Å².